The summed E-state index contributed by atoms with van der Waals surface area (Å²) < 4.78 is 41.8. The number of piperidine rings is 1. The minimum absolute atomic E-state index is 0.00478. The molecule has 2 amide bonds. The van der Waals surface area contributed by atoms with Crippen molar-refractivity contribution in [1.82, 2.24) is 10.2 Å². The largest absolute Gasteiger partial charge is 0.573 e. The van der Waals surface area contributed by atoms with Crippen LogP contribution in [0.2, 0.25) is 0 Å². The molecule has 0 aromatic heterocycles. The highest BCUT2D eigenvalue weighted by Gasteiger charge is 2.34. The second kappa shape index (κ2) is 8.69. The zero-order valence-corrected chi connectivity index (χ0v) is 16.2. The Morgan fingerprint density at radius 2 is 2.07 bits per heavy atom. The van der Waals surface area contributed by atoms with Gasteiger partial charge in [0.1, 0.15) is 5.75 Å². The third-order valence-electron chi connectivity index (χ3n) is 4.51. The van der Waals surface area contributed by atoms with E-state index in [0.29, 0.717) is 19.4 Å². The highest BCUT2D eigenvalue weighted by molar-refractivity contribution is 5.86. The molecule has 1 fully saturated rings. The van der Waals surface area contributed by atoms with Crippen molar-refractivity contribution >= 4 is 11.8 Å². The number of alkyl halides is 3. The molecule has 1 saturated heterocycles. The smallest absolute Gasteiger partial charge is 0.405 e. The number of carbonyl (C=O) groups is 2. The molecule has 1 aromatic rings. The first-order valence-electron chi connectivity index (χ1n) is 9.05. The van der Waals surface area contributed by atoms with Gasteiger partial charge < -0.3 is 20.7 Å². The van der Waals surface area contributed by atoms with Crippen molar-refractivity contribution in [3.63, 3.8) is 0 Å². The van der Waals surface area contributed by atoms with Crippen LogP contribution in [0.3, 0.4) is 0 Å². The van der Waals surface area contributed by atoms with Crippen LogP contribution in [-0.4, -0.2) is 41.7 Å². The summed E-state index contributed by atoms with van der Waals surface area (Å²) in [4.78, 5) is 26.4. The summed E-state index contributed by atoms with van der Waals surface area (Å²) in [5.41, 5.74) is 4.87. The molecule has 3 N–H and O–H groups in total. The van der Waals surface area contributed by atoms with Crippen molar-refractivity contribution in [2.45, 2.75) is 45.1 Å². The van der Waals surface area contributed by atoms with E-state index in [1.807, 2.05) is 0 Å². The summed E-state index contributed by atoms with van der Waals surface area (Å²) >= 11 is 0. The Morgan fingerprint density at radius 3 is 2.66 bits per heavy atom. The summed E-state index contributed by atoms with van der Waals surface area (Å²) in [6.45, 7) is 3.67. The number of benzene rings is 1. The summed E-state index contributed by atoms with van der Waals surface area (Å²) in [6.07, 6.45) is -3.74. The van der Waals surface area contributed by atoms with E-state index in [1.165, 1.54) is 17.0 Å². The van der Waals surface area contributed by atoms with Crippen LogP contribution in [0.5, 0.6) is 5.75 Å². The van der Waals surface area contributed by atoms with Gasteiger partial charge in [-0.25, -0.2) is 0 Å². The number of likely N-dealkylation sites (tertiary alicyclic amines) is 1. The monoisotopic (exact) mass is 412 g/mol. The Kier molecular flexibility index (Phi) is 6.74. The molecule has 0 unspecified atom stereocenters. The van der Waals surface area contributed by atoms with Gasteiger partial charge in [-0.3, -0.25) is 9.59 Å². The molecular formula is C19H23F3N4O3. The quantitative estimate of drug-likeness (QED) is 0.770. The van der Waals surface area contributed by atoms with Crippen LogP contribution in [0.25, 0.3) is 0 Å². The predicted octanol–water partition coefficient (Wildman–Crippen LogP) is 2.05. The first-order chi connectivity index (χ1) is 13.4. The van der Waals surface area contributed by atoms with Crippen LogP contribution in [0, 0.1) is 17.2 Å². The molecule has 1 aliphatic rings. The Morgan fingerprint density at radius 1 is 1.38 bits per heavy atom. The maximum atomic E-state index is 12.6. The Labute approximate surface area is 166 Å². The number of ether oxygens (including phenoxy) is 1. The predicted molar refractivity (Wildman–Crippen MR) is 97.3 cm³/mol. The second-order valence-electron chi connectivity index (χ2n) is 7.51. The average molecular weight is 412 g/mol. The number of nitrogens with two attached hydrogens (primary N) is 1. The Bertz CT molecular complexity index is 812. The third-order valence-corrected chi connectivity index (χ3v) is 4.51. The minimum Gasteiger partial charge on any atom is -0.405 e. The molecular weight excluding hydrogens is 389 g/mol. The summed E-state index contributed by atoms with van der Waals surface area (Å²) in [6, 6.07) is 5.36. The average Bonchev–Trinajstić information content (AvgIpc) is 2.64. The molecule has 7 nitrogen and oxygen atoms in total. The molecule has 1 atom stereocenters. The van der Waals surface area contributed by atoms with Crippen LogP contribution in [0.15, 0.2) is 18.2 Å². The van der Waals surface area contributed by atoms with E-state index >= 15 is 0 Å². The maximum Gasteiger partial charge on any atom is 0.573 e. The normalized spacial score (nSPS) is 17.4. The summed E-state index contributed by atoms with van der Waals surface area (Å²) in [5, 5.41) is 11.5. The van der Waals surface area contributed by atoms with Crippen molar-refractivity contribution in [3.05, 3.63) is 29.3 Å². The van der Waals surface area contributed by atoms with Gasteiger partial charge in [0.05, 0.1) is 23.1 Å². The number of amides is 2. The van der Waals surface area contributed by atoms with Crippen LogP contribution < -0.4 is 15.8 Å². The molecule has 0 aliphatic carbocycles. The molecule has 1 aliphatic heterocycles. The van der Waals surface area contributed by atoms with Gasteiger partial charge in [-0.15, -0.1) is 13.2 Å². The molecule has 0 spiro atoms. The number of hydrogen-bond acceptors (Lipinski definition) is 5. The van der Waals surface area contributed by atoms with E-state index in [1.54, 1.807) is 19.9 Å². The van der Waals surface area contributed by atoms with Gasteiger partial charge in [0.15, 0.2) is 0 Å². The Balaban J connectivity index is 2.05. The lowest BCUT2D eigenvalue weighted by atomic mass is 9.94. The number of rotatable bonds is 5. The van der Waals surface area contributed by atoms with Gasteiger partial charge in [0, 0.05) is 25.2 Å². The molecule has 10 heteroatoms. The van der Waals surface area contributed by atoms with Crippen molar-refractivity contribution in [3.8, 4) is 11.8 Å². The number of carbonyl (C=O) groups excluding carboxylic acids is 2. The standard InChI is InChI=1S/C19H23F3N4O3/c1-18(2,24)17(28)26-7-3-4-14(11-26)16(27)25-10-13-6-5-12(9-23)8-15(13)29-19(20,21)22/h5-6,8,14H,3-4,7,10-11,24H2,1-2H3,(H,25,27)/t14-/m1/s1. The number of nitrogens with zero attached hydrogens (tertiary/aromatic N) is 2. The van der Waals surface area contributed by atoms with Gasteiger partial charge in [-0.05, 0) is 38.8 Å². The minimum atomic E-state index is -4.92. The summed E-state index contributed by atoms with van der Waals surface area (Å²) in [5.74, 6) is -1.66. The molecule has 158 valence electrons. The van der Waals surface area contributed by atoms with E-state index < -0.39 is 23.6 Å². The van der Waals surface area contributed by atoms with Gasteiger partial charge in [-0.2, -0.15) is 5.26 Å². The first kappa shape index (κ1) is 22.5. The zero-order chi connectivity index (χ0) is 21.8. The maximum absolute atomic E-state index is 12.6. The van der Waals surface area contributed by atoms with Crippen LogP contribution in [0.4, 0.5) is 13.2 Å². The van der Waals surface area contributed by atoms with Crippen molar-refractivity contribution in [2.24, 2.45) is 11.7 Å². The fraction of sp³-hybridized carbons (Fsp3) is 0.526. The van der Waals surface area contributed by atoms with Crippen LogP contribution in [-0.2, 0) is 16.1 Å². The molecule has 0 bridgehead atoms. The highest BCUT2D eigenvalue weighted by Crippen LogP contribution is 2.28. The highest BCUT2D eigenvalue weighted by atomic mass is 19.4. The Hall–Kier alpha value is -2.80. The van der Waals surface area contributed by atoms with Gasteiger partial charge in [0.25, 0.3) is 0 Å². The molecule has 1 aromatic carbocycles. The molecule has 29 heavy (non-hydrogen) atoms. The summed E-state index contributed by atoms with van der Waals surface area (Å²) in [7, 11) is 0. The molecule has 2 rings (SSSR count). The lowest BCUT2D eigenvalue weighted by molar-refractivity contribution is -0.274. The fourth-order valence-electron chi connectivity index (χ4n) is 3.10. The zero-order valence-electron chi connectivity index (χ0n) is 16.2. The van der Waals surface area contributed by atoms with Crippen molar-refractivity contribution in [1.29, 1.82) is 5.26 Å². The van der Waals surface area contributed by atoms with E-state index in [-0.39, 0.29) is 36.0 Å². The second-order valence-corrected chi connectivity index (χ2v) is 7.51. The number of nitrogens with one attached hydrogen (secondary N) is 1. The molecule has 0 saturated carbocycles. The van der Waals surface area contributed by atoms with Gasteiger partial charge in [-0.1, -0.05) is 6.07 Å². The van der Waals surface area contributed by atoms with Gasteiger partial charge in [0.2, 0.25) is 11.8 Å². The third kappa shape index (κ3) is 6.35. The van der Waals surface area contributed by atoms with E-state index in [4.69, 9.17) is 11.0 Å². The van der Waals surface area contributed by atoms with Crippen molar-refractivity contribution < 1.29 is 27.5 Å². The lowest BCUT2D eigenvalue weighted by Crippen LogP contribution is -2.55. The van der Waals surface area contributed by atoms with Crippen LogP contribution in [0.1, 0.15) is 37.8 Å². The van der Waals surface area contributed by atoms with E-state index in [9.17, 15) is 22.8 Å². The first-order valence-corrected chi connectivity index (χ1v) is 9.05. The van der Waals surface area contributed by atoms with E-state index in [2.05, 4.69) is 10.1 Å². The van der Waals surface area contributed by atoms with E-state index in [0.717, 1.165) is 6.07 Å². The lowest BCUT2D eigenvalue weighted by Gasteiger charge is -2.35. The van der Waals surface area contributed by atoms with Crippen molar-refractivity contribution in [2.75, 3.05) is 13.1 Å². The fourth-order valence-corrected chi connectivity index (χ4v) is 3.10. The number of nitriles is 1. The molecule has 1 heterocycles. The number of hydrogen-bond donors (Lipinski definition) is 2. The number of halogens is 3. The van der Waals surface area contributed by atoms with Gasteiger partial charge >= 0.3 is 6.36 Å². The SMILES string of the molecule is CC(C)(N)C(=O)N1CCC[C@@H](C(=O)NCc2ccc(C#N)cc2OC(F)(F)F)C1. The van der Waals surface area contributed by atoms with Crippen LogP contribution >= 0.6 is 0 Å². The topological polar surface area (TPSA) is 108 Å². The molecule has 0 radical (unpaired) electrons.